The first-order chi connectivity index (χ1) is 5.38. The second kappa shape index (κ2) is 4.47. The van der Waals surface area contributed by atoms with Gasteiger partial charge < -0.3 is 0 Å². The van der Waals surface area contributed by atoms with Gasteiger partial charge in [-0.3, -0.25) is 0 Å². The van der Waals surface area contributed by atoms with Crippen molar-refractivity contribution in [1.29, 1.82) is 0 Å². The molecule has 0 saturated heterocycles. The van der Waals surface area contributed by atoms with Gasteiger partial charge in [0.05, 0.1) is 0 Å². The summed E-state index contributed by atoms with van der Waals surface area (Å²) >= 11 is 9.25. The Morgan fingerprint density at radius 3 is 1.91 bits per heavy atom. The third kappa shape index (κ3) is 2.28. The number of aliphatic imine (C=N–C) groups is 2. The summed E-state index contributed by atoms with van der Waals surface area (Å²) in [5.74, 6) is 0. The van der Waals surface area contributed by atoms with Crippen LogP contribution >= 0.6 is 24.4 Å². The fourth-order valence-corrected chi connectivity index (χ4v) is 2.16. The van der Waals surface area contributed by atoms with Gasteiger partial charge in [-0.15, -0.1) is 0 Å². The molecule has 0 unspecified atom stereocenters. The molecule has 0 atom stereocenters. The van der Waals surface area contributed by atoms with E-state index in [9.17, 15) is 0 Å². The van der Waals surface area contributed by atoms with E-state index in [0.717, 1.165) is 11.4 Å². The average Bonchev–Trinajstić information content (AvgIpc) is 2.39. The van der Waals surface area contributed by atoms with E-state index in [4.69, 9.17) is 0 Å². The molecule has 54 valence electrons. The van der Waals surface area contributed by atoms with Crippen molar-refractivity contribution in [3.05, 3.63) is 9.88 Å². The second-order valence-electron chi connectivity index (χ2n) is 1.55. The molecule has 0 bridgehead atoms. The van der Waals surface area contributed by atoms with Crippen molar-refractivity contribution in [1.82, 2.24) is 0 Å². The normalized spacial score (nSPS) is 8.00. The van der Waals surface area contributed by atoms with Crippen LogP contribution in [0.5, 0.6) is 0 Å². The maximum atomic E-state index is 4.46. The van der Waals surface area contributed by atoms with Gasteiger partial charge in [-0.05, 0) is 0 Å². The summed E-state index contributed by atoms with van der Waals surface area (Å²) in [6.07, 6.45) is 0. The zero-order valence-corrected chi connectivity index (χ0v) is 8.62. The van der Waals surface area contributed by atoms with Crippen molar-refractivity contribution < 1.29 is 0 Å². The Morgan fingerprint density at radius 1 is 1.09 bits per heavy atom. The molecular formula is C6H2N2S2Se. The minimum absolute atomic E-state index is 0.329. The van der Waals surface area contributed by atoms with Crippen molar-refractivity contribution in [3.8, 4) is 0 Å². The summed E-state index contributed by atoms with van der Waals surface area (Å²) < 4.78 is 0. The quantitative estimate of drug-likeness (QED) is 0.453. The maximum absolute atomic E-state index is 4.46. The summed E-state index contributed by atoms with van der Waals surface area (Å²) in [5.41, 5.74) is 1.52. The van der Waals surface area contributed by atoms with Crippen LogP contribution in [-0.2, 0) is 0 Å². The molecule has 11 heavy (non-hydrogen) atoms. The SMILES string of the molecule is S=C=Nc1c[se]cc1N=C=S. The third-order valence-corrected chi connectivity index (χ3v) is 2.64. The van der Waals surface area contributed by atoms with Crippen LogP contribution in [0.25, 0.3) is 0 Å². The van der Waals surface area contributed by atoms with Crippen LogP contribution in [0, 0.1) is 0 Å². The van der Waals surface area contributed by atoms with E-state index >= 15 is 0 Å². The van der Waals surface area contributed by atoms with Crippen LogP contribution in [0.3, 0.4) is 0 Å². The molecule has 5 heteroatoms. The summed E-state index contributed by atoms with van der Waals surface area (Å²) in [5, 5.41) is 4.57. The Balaban J connectivity index is 3.14. The Bertz CT molecular complexity index is 313. The summed E-state index contributed by atoms with van der Waals surface area (Å²) in [4.78, 5) is 11.6. The number of isothiocyanates is 2. The molecule has 0 N–H and O–H groups in total. The molecule has 0 aliphatic rings. The van der Waals surface area contributed by atoms with Crippen LogP contribution < -0.4 is 0 Å². The molecule has 0 saturated carbocycles. The first-order valence-electron chi connectivity index (χ1n) is 2.60. The standard InChI is InChI=1S/C6H2N2S2Se/c9-3-7-5-1-11-2-6(5)8-4-10/h1-2H. The molecule has 2 nitrogen and oxygen atoms in total. The van der Waals surface area contributed by atoms with E-state index in [1.165, 1.54) is 0 Å². The van der Waals surface area contributed by atoms with Crippen molar-refractivity contribution in [3.63, 3.8) is 0 Å². The monoisotopic (exact) mass is 246 g/mol. The van der Waals surface area contributed by atoms with Gasteiger partial charge >= 0.3 is 80.5 Å². The van der Waals surface area contributed by atoms with Gasteiger partial charge in [-0.1, -0.05) is 0 Å². The predicted molar refractivity (Wildman–Crippen MR) is 52.8 cm³/mol. The molecule has 1 heterocycles. The summed E-state index contributed by atoms with van der Waals surface area (Å²) in [6.45, 7) is 0. The zero-order chi connectivity index (χ0) is 8.10. The van der Waals surface area contributed by atoms with Crippen LogP contribution in [-0.4, -0.2) is 24.8 Å². The molecular weight excluding hydrogens is 243 g/mol. The van der Waals surface area contributed by atoms with E-state index in [0.29, 0.717) is 14.5 Å². The van der Waals surface area contributed by atoms with Gasteiger partial charge in [0.25, 0.3) is 0 Å². The molecule has 0 amide bonds. The van der Waals surface area contributed by atoms with Gasteiger partial charge in [0.1, 0.15) is 0 Å². The second-order valence-corrected chi connectivity index (χ2v) is 3.47. The molecule has 0 spiro atoms. The van der Waals surface area contributed by atoms with Gasteiger partial charge in [-0.2, -0.15) is 0 Å². The van der Waals surface area contributed by atoms with E-state index in [2.05, 4.69) is 44.7 Å². The summed E-state index contributed by atoms with van der Waals surface area (Å²) in [7, 11) is 0. The molecule has 0 fully saturated rings. The number of rotatable bonds is 2. The molecule has 0 radical (unpaired) electrons. The average molecular weight is 245 g/mol. The number of nitrogens with zero attached hydrogens (tertiary/aromatic N) is 2. The van der Waals surface area contributed by atoms with Crippen LogP contribution in [0.2, 0.25) is 0 Å². The molecule has 0 aliphatic heterocycles. The van der Waals surface area contributed by atoms with E-state index in [-0.39, 0.29) is 0 Å². The molecule has 0 aromatic carbocycles. The van der Waals surface area contributed by atoms with Crippen molar-refractivity contribution in [2.24, 2.45) is 9.98 Å². The van der Waals surface area contributed by atoms with Crippen LogP contribution in [0.4, 0.5) is 11.4 Å². The Hall–Kier alpha value is -0.401. The van der Waals surface area contributed by atoms with Crippen molar-refractivity contribution >= 4 is 60.6 Å². The number of thiocarbonyl (C=S) groups is 2. The van der Waals surface area contributed by atoms with Crippen LogP contribution in [0.15, 0.2) is 19.9 Å². The number of hydrogen-bond donors (Lipinski definition) is 0. The van der Waals surface area contributed by atoms with E-state index < -0.39 is 0 Å². The topological polar surface area (TPSA) is 24.7 Å². The molecule has 1 aromatic heterocycles. The first-order valence-corrected chi connectivity index (χ1v) is 5.40. The van der Waals surface area contributed by atoms with Gasteiger partial charge in [0, 0.05) is 0 Å². The molecule has 1 rings (SSSR count). The van der Waals surface area contributed by atoms with E-state index in [1.54, 1.807) is 0 Å². The fourth-order valence-electron chi connectivity index (χ4n) is 0.549. The van der Waals surface area contributed by atoms with Crippen molar-refractivity contribution in [2.45, 2.75) is 0 Å². The van der Waals surface area contributed by atoms with E-state index in [1.807, 2.05) is 9.88 Å². The van der Waals surface area contributed by atoms with Gasteiger partial charge in [0.15, 0.2) is 0 Å². The Morgan fingerprint density at radius 2 is 1.55 bits per heavy atom. The minimum atomic E-state index is 0.329. The fraction of sp³-hybridized carbons (Fsp3) is 0. The van der Waals surface area contributed by atoms with Gasteiger partial charge in [0.2, 0.25) is 0 Å². The van der Waals surface area contributed by atoms with Crippen LogP contribution in [0.1, 0.15) is 0 Å². The zero-order valence-electron chi connectivity index (χ0n) is 5.27. The Kier molecular flexibility index (Phi) is 3.53. The third-order valence-electron chi connectivity index (χ3n) is 0.954. The predicted octanol–water partition coefficient (Wildman–Crippen LogP) is 2.21. The number of hydrogen-bond acceptors (Lipinski definition) is 4. The molecule has 1 aromatic rings. The van der Waals surface area contributed by atoms with Gasteiger partial charge in [-0.25, -0.2) is 0 Å². The molecule has 0 aliphatic carbocycles. The Labute approximate surface area is 80.4 Å². The summed E-state index contributed by atoms with van der Waals surface area (Å²) in [6, 6.07) is 0. The first kappa shape index (κ1) is 8.69. The van der Waals surface area contributed by atoms with Crippen molar-refractivity contribution in [2.75, 3.05) is 0 Å².